The average Bonchev–Trinajstić information content (AvgIpc) is 2.44. The molecule has 0 saturated heterocycles. The van der Waals surface area contributed by atoms with Crippen LogP contribution in [-0.2, 0) is 16.1 Å². The Bertz CT molecular complexity index is 453. The van der Waals surface area contributed by atoms with Crippen LogP contribution in [0.4, 0.5) is 0 Å². The van der Waals surface area contributed by atoms with Gasteiger partial charge >= 0.3 is 0 Å². The summed E-state index contributed by atoms with van der Waals surface area (Å²) in [6, 6.07) is 5.90. The van der Waals surface area contributed by atoms with Gasteiger partial charge < -0.3 is 20.1 Å². The molecule has 1 aromatic rings. The number of benzene rings is 1. The molecule has 0 aliphatic heterocycles. The van der Waals surface area contributed by atoms with Crippen LogP contribution in [-0.4, -0.2) is 38.8 Å². The topological polar surface area (TPSA) is 59.6 Å². The first kappa shape index (κ1) is 17.8. The van der Waals surface area contributed by atoms with Crippen LogP contribution in [0.1, 0.15) is 19.4 Å². The highest BCUT2D eigenvalue weighted by Gasteiger charge is 2.11. The van der Waals surface area contributed by atoms with E-state index in [0.29, 0.717) is 36.5 Å². The molecule has 0 atom stereocenters. The number of hydrogen-bond acceptors (Lipinski definition) is 4. The van der Waals surface area contributed by atoms with Gasteiger partial charge in [-0.25, -0.2) is 0 Å². The molecule has 0 fully saturated rings. The van der Waals surface area contributed by atoms with Gasteiger partial charge in [-0.15, -0.1) is 0 Å². The van der Waals surface area contributed by atoms with Gasteiger partial charge in [-0.2, -0.15) is 0 Å². The molecule has 118 valence electrons. The Hall–Kier alpha value is -1.30. The Morgan fingerprint density at radius 1 is 1.38 bits per heavy atom. The third kappa shape index (κ3) is 6.80. The zero-order valence-electron chi connectivity index (χ0n) is 12.7. The molecule has 0 bridgehead atoms. The van der Waals surface area contributed by atoms with Crippen LogP contribution >= 0.6 is 11.6 Å². The van der Waals surface area contributed by atoms with E-state index in [9.17, 15) is 4.79 Å². The van der Waals surface area contributed by atoms with Gasteiger partial charge in [-0.1, -0.05) is 37.6 Å². The number of para-hydroxylation sites is 1. The first-order valence-electron chi connectivity index (χ1n) is 6.93. The zero-order chi connectivity index (χ0) is 15.7. The summed E-state index contributed by atoms with van der Waals surface area (Å²) in [5.41, 5.74) is 0.931. The Balaban J connectivity index is 2.58. The molecule has 0 aliphatic carbocycles. The number of nitrogens with one attached hydrogen (secondary N) is 2. The summed E-state index contributed by atoms with van der Waals surface area (Å²) in [4.78, 5) is 11.6. The molecule has 0 radical (unpaired) electrons. The number of halogens is 1. The van der Waals surface area contributed by atoms with Crippen LogP contribution < -0.4 is 15.4 Å². The smallest absolute Gasteiger partial charge is 0.258 e. The van der Waals surface area contributed by atoms with E-state index in [2.05, 4.69) is 24.5 Å². The van der Waals surface area contributed by atoms with Crippen molar-refractivity contribution in [2.75, 3.05) is 26.9 Å². The van der Waals surface area contributed by atoms with Crippen molar-refractivity contribution >= 4 is 17.5 Å². The summed E-state index contributed by atoms with van der Waals surface area (Å²) in [6.07, 6.45) is 0. The summed E-state index contributed by atoms with van der Waals surface area (Å²) in [5.74, 6) is 0.351. The highest BCUT2D eigenvalue weighted by atomic mass is 35.5. The molecular weight excluding hydrogens is 292 g/mol. The van der Waals surface area contributed by atoms with Gasteiger partial charge in [-0.05, 0) is 6.07 Å². The van der Waals surface area contributed by atoms with E-state index < -0.39 is 0 Å². The fourth-order valence-corrected chi connectivity index (χ4v) is 1.90. The molecule has 6 heteroatoms. The van der Waals surface area contributed by atoms with E-state index in [1.807, 2.05) is 12.1 Å². The number of hydrogen-bond donors (Lipinski definition) is 2. The minimum Gasteiger partial charge on any atom is -0.482 e. The van der Waals surface area contributed by atoms with Crippen molar-refractivity contribution in [1.29, 1.82) is 0 Å². The third-order valence-corrected chi connectivity index (χ3v) is 3.02. The van der Waals surface area contributed by atoms with E-state index in [1.165, 1.54) is 0 Å². The van der Waals surface area contributed by atoms with Crippen LogP contribution in [0.25, 0.3) is 0 Å². The van der Waals surface area contributed by atoms with Crippen LogP contribution in [0.2, 0.25) is 5.02 Å². The number of methoxy groups -OCH3 is 1. The summed E-state index contributed by atoms with van der Waals surface area (Å²) in [7, 11) is 1.58. The van der Waals surface area contributed by atoms with Crippen LogP contribution in [0.3, 0.4) is 0 Å². The Morgan fingerprint density at radius 2 is 2.14 bits per heavy atom. The molecule has 0 spiro atoms. The predicted molar refractivity (Wildman–Crippen MR) is 83.8 cm³/mol. The summed E-state index contributed by atoms with van der Waals surface area (Å²) in [6.45, 7) is 5.63. The lowest BCUT2D eigenvalue weighted by Gasteiger charge is -2.15. The van der Waals surface area contributed by atoms with Gasteiger partial charge in [0.15, 0.2) is 6.61 Å². The van der Waals surface area contributed by atoms with Gasteiger partial charge in [0, 0.05) is 31.8 Å². The largest absolute Gasteiger partial charge is 0.482 e. The number of carbonyl (C=O) groups excluding carboxylic acids is 1. The van der Waals surface area contributed by atoms with Crippen molar-refractivity contribution in [2.24, 2.45) is 0 Å². The SMILES string of the molecule is COCCNC(=O)COc1c(Cl)cccc1CNC(C)C. The molecular formula is C15H23ClN2O3. The fraction of sp³-hybridized carbons (Fsp3) is 0.533. The molecule has 0 aromatic heterocycles. The quantitative estimate of drug-likeness (QED) is 0.684. The summed E-state index contributed by atoms with van der Waals surface area (Å²) in [5, 5.41) is 6.50. The Kier molecular flexibility index (Phi) is 8.12. The van der Waals surface area contributed by atoms with Gasteiger partial charge in [0.1, 0.15) is 5.75 Å². The van der Waals surface area contributed by atoms with E-state index in [4.69, 9.17) is 21.1 Å². The highest BCUT2D eigenvalue weighted by Crippen LogP contribution is 2.28. The van der Waals surface area contributed by atoms with Gasteiger partial charge in [0.05, 0.1) is 11.6 Å². The van der Waals surface area contributed by atoms with Crippen molar-refractivity contribution < 1.29 is 14.3 Å². The standard InChI is InChI=1S/C15H23ClN2O3/c1-11(2)18-9-12-5-4-6-13(16)15(12)21-10-14(19)17-7-8-20-3/h4-6,11,18H,7-10H2,1-3H3,(H,17,19). The lowest BCUT2D eigenvalue weighted by Crippen LogP contribution is -2.31. The van der Waals surface area contributed by atoms with E-state index >= 15 is 0 Å². The first-order valence-corrected chi connectivity index (χ1v) is 7.31. The fourth-order valence-electron chi connectivity index (χ4n) is 1.65. The van der Waals surface area contributed by atoms with Gasteiger partial charge in [-0.3, -0.25) is 4.79 Å². The maximum atomic E-state index is 11.6. The minimum absolute atomic E-state index is 0.0673. The maximum absolute atomic E-state index is 11.6. The van der Waals surface area contributed by atoms with Crippen molar-refractivity contribution in [2.45, 2.75) is 26.4 Å². The molecule has 1 rings (SSSR count). The maximum Gasteiger partial charge on any atom is 0.258 e. The Morgan fingerprint density at radius 3 is 2.81 bits per heavy atom. The molecule has 21 heavy (non-hydrogen) atoms. The molecule has 0 unspecified atom stereocenters. The summed E-state index contributed by atoms with van der Waals surface area (Å²) < 4.78 is 10.4. The molecule has 0 saturated carbocycles. The highest BCUT2D eigenvalue weighted by molar-refractivity contribution is 6.32. The molecule has 0 heterocycles. The molecule has 1 amide bonds. The third-order valence-electron chi connectivity index (χ3n) is 2.73. The van der Waals surface area contributed by atoms with E-state index in [-0.39, 0.29) is 12.5 Å². The van der Waals surface area contributed by atoms with Crippen molar-refractivity contribution in [3.8, 4) is 5.75 Å². The first-order chi connectivity index (χ1) is 10.0. The molecule has 5 nitrogen and oxygen atoms in total. The van der Waals surface area contributed by atoms with Crippen molar-refractivity contribution in [1.82, 2.24) is 10.6 Å². The zero-order valence-corrected chi connectivity index (χ0v) is 13.5. The van der Waals surface area contributed by atoms with E-state index in [1.54, 1.807) is 13.2 Å². The van der Waals surface area contributed by atoms with Crippen molar-refractivity contribution in [3.63, 3.8) is 0 Å². The lowest BCUT2D eigenvalue weighted by atomic mass is 10.2. The van der Waals surface area contributed by atoms with Gasteiger partial charge in [0.25, 0.3) is 5.91 Å². The second-order valence-corrected chi connectivity index (χ2v) is 5.30. The predicted octanol–water partition coefficient (Wildman–Crippen LogP) is 1.98. The second kappa shape index (κ2) is 9.60. The van der Waals surface area contributed by atoms with Crippen LogP contribution in [0, 0.1) is 0 Å². The molecule has 2 N–H and O–H groups in total. The summed E-state index contributed by atoms with van der Waals surface area (Å²) >= 11 is 6.15. The van der Waals surface area contributed by atoms with E-state index in [0.717, 1.165) is 5.56 Å². The monoisotopic (exact) mass is 314 g/mol. The molecule has 1 aromatic carbocycles. The number of ether oxygens (including phenoxy) is 2. The van der Waals surface area contributed by atoms with Crippen LogP contribution in [0.15, 0.2) is 18.2 Å². The van der Waals surface area contributed by atoms with Crippen LogP contribution in [0.5, 0.6) is 5.75 Å². The van der Waals surface area contributed by atoms with Crippen molar-refractivity contribution in [3.05, 3.63) is 28.8 Å². The normalized spacial score (nSPS) is 10.7. The molecule has 0 aliphatic rings. The Labute approximate surface area is 131 Å². The number of carbonyl (C=O) groups is 1. The number of amides is 1. The average molecular weight is 315 g/mol. The second-order valence-electron chi connectivity index (χ2n) is 4.90. The van der Waals surface area contributed by atoms with Gasteiger partial charge in [0.2, 0.25) is 0 Å². The lowest BCUT2D eigenvalue weighted by molar-refractivity contribution is -0.123. The minimum atomic E-state index is -0.199. The number of rotatable bonds is 9.